The molecule has 12 aromatic carbocycles. The van der Waals surface area contributed by atoms with Gasteiger partial charge in [0, 0.05) is 59.0 Å². The summed E-state index contributed by atoms with van der Waals surface area (Å²) in [5.41, 5.74) is 13.4. The van der Waals surface area contributed by atoms with Crippen LogP contribution in [0.15, 0.2) is 247 Å². The lowest BCUT2D eigenvalue weighted by molar-refractivity contribution is 0.669. The van der Waals surface area contributed by atoms with E-state index in [9.17, 15) is 0 Å². The van der Waals surface area contributed by atoms with Crippen LogP contribution in [0.4, 0.5) is 34.1 Å². The van der Waals surface area contributed by atoms with Gasteiger partial charge in [-0.3, -0.25) is 0 Å². The second kappa shape index (κ2) is 16.1. The molecule has 3 nitrogen and oxygen atoms in total. The number of furan rings is 1. The molecule has 0 atom stereocenters. The SMILES string of the molecule is C[Si]1(C)c2cc(N(c3ccccc3)c3cccc4c3oc3ccccc34)ccc2-c2cc3c4ccccc4c(N(c4ccc5sc6ccccc6c5c4)c4ccccc4-c4ccccc4)cc3c3cccc1c23. The fourth-order valence-electron chi connectivity index (χ4n) is 12.2. The van der Waals surface area contributed by atoms with Crippen LogP contribution < -0.4 is 20.2 Å². The summed E-state index contributed by atoms with van der Waals surface area (Å²) in [4.78, 5) is 4.92. The summed E-state index contributed by atoms with van der Waals surface area (Å²) < 4.78 is 9.31. The number of hydrogen-bond acceptors (Lipinski definition) is 4. The predicted molar refractivity (Wildman–Crippen MR) is 316 cm³/mol. The zero-order valence-electron chi connectivity index (χ0n) is 40.3. The van der Waals surface area contributed by atoms with Crippen LogP contribution in [0.1, 0.15) is 0 Å². The molecule has 5 heteroatoms. The largest absolute Gasteiger partial charge is 0.454 e. The van der Waals surface area contributed by atoms with Crippen LogP contribution >= 0.6 is 11.3 Å². The van der Waals surface area contributed by atoms with Crippen LogP contribution in [-0.2, 0) is 0 Å². The standard InChI is InChI=1S/C68H46N2OSSi/c1-73(2)65-34-18-28-53-56-42-61(70(59-30-14-11-23-47(59)43-19-5-3-6-20-43)45-36-38-64-57(39-45)51-27-13-16-33-63(51)72-64)49-25-10-9-24-48(49)55(56)41-58(67(53)65)52-37-35-46(40-66(52)73)69(44-21-7-4-8-22-44)60-31-17-29-54-50-26-12-15-32-62(50)71-68(54)60/h3-42H,1-2H3. The first-order valence-corrected chi connectivity index (χ1v) is 29.0. The van der Waals surface area contributed by atoms with Gasteiger partial charge in [0.1, 0.15) is 13.7 Å². The van der Waals surface area contributed by atoms with Crippen molar-refractivity contribution in [3.05, 3.63) is 243 Å². The predicted octanol–water partition coefficient (Wildman–Crippen LogP) is 18.8. The van der Waals surface area contributed by atoms with Crippen molar-refractivity contribution in [3.8, 4) is 22.3 Å². The third kappa shape index (κ3) is 6.36. The minimum atomic E-state index is -2.35. The maximum atomic E-state index is 6.71. The lowest BCUT2D eigenvalue weighted by atomic mass is 9.89. The molecule has 344 valence electrons. The highest BCUT2D eigenvalue weighted by Gasteiger charge is 2.37. The maximum Gasteiger partial charge on any atom is 0.159 e. The Kier molecular flexibility index (Phi) is 9.28. The number of benzene rings is 12. The Bertz CT molecular complexity index is 4550. The van der Waals surface area contributed by atoms with Gasteiger partial charge in [-0.2, -0.15) is 0 Å². The number of nitrogens with zero attached hydrogens (tertiary/aromatic N) is 2. The zero-order valence-corrected chi connectivity index (χ0v) is 42.1. The summed E-state index contributed by atoms with van der Waals surface area (Å²) in [5.74, 6) is 0. The topological polar surface area (TPSA) is 19.6 Å². The van der Waals surface area contributed by atoms with Crippen LogP contribution in [0.5, 0.6) is 0 Å². The Morgan fingerprint density at radius 2 is 0.973 bits per heavy atom. The smallest absolute Gasteiger partial charge is 0.159 e. The van der Waals surface area contributed by atoms with Crippen molar-refractivity contribution in [3.63, 3.8) is 0 Å². The van der Waals surface area contributed by atoms with Gasteiger partial charge in [0.05, 0.1) is 17.1 Å². The molecule has 0 bridgehead atoms. The van der Waals surface area contributed by atoms with Gasteiger partial charge in [0.15, 0.2) is 5.58 Å². The van der Waals surface area contributed by atoms with E-state index in [0.717, 1.165) is 56.1 Å². The molecule has 0 radical (unpaired) electrons. The highest BCUT2D eigenvalue weighted by Crippen LogP contribution is 2.50. The van der Waals surface area contributed by atoms with Crippen molar-refractivity contribution in [2.24, 2.45) is 0 Å². The third-order valence-corrected chi connectivity index (χ3v) is 20.3. The van der Waals surface area contributed by atoms with Crippen LogP contribution in [0.3, 0.4) is 0 Å². The minimum absolute atomic E-state index is 0.886. The number of anilines is 6. The second-order valence-electron chi connectivity index (χ2n) is 20.0. The summed E-state index contributed by atoms with van der Waals surface area (Å²) in [6.45, 7) is 5.09. The molecule has 1 aliphatic rings. The van der Waals surface area contributed by atoms with Crippen molar-refractivity contribution >= 4 is 138 Å². The monoisotopic (exact) mass is 966 g/mol. The summed E-state index contributed by atoms with van der Waals surface area (Å²) in [6.07, 6.45) is 0. The first-order valence-electron chi connectivity index (χ1n) is 25.2. The van der Waals surface area contributed by atoms with Gasteiger partial charge in [-0.05, 0) is 133 Å². The molecule has 3 heterocycles. The summed E-state index contributed by atoms with van der Waals surface area (Å²) in [7, 11) is -2.35. The number of para-hydroxylation sites is 4. The molecule has 0 unspecified atom stereocenters. The van der Waals surface area contributed by atoms with Crippen molar-refractivity contribution < 1.29 is 4.42 Å². The van der Waals surface area contributed by atoms with Gasteiger partial charge in [-0.1, -0.05) is 177 Å². The average molecular weight is 967 g/mol. The van der Waals surface area contributed by atoms with E-state index in [1.54, 1.807) is 0 Å². The van der Waals surface area contributed by atoms with E-state index < -0.39 is 8.07 Å². The Morgan fingerprint density at radius 3 is 1.84 bits per heavy atom. The Balaban J connectivity index is 0.971. The molecule has 73 heavy (non-hydrogen) atoms. The van der Waals surface area contributed by atoms with Gasteiger partial charge in [-0.25, -0.2) is 0 Å². The number of rotatable bonds is 7. The molecule has 0 saturated heterocycles. The number of fused-ring (bicyclic) bond motifs is 12. The van der Waals surface area contributed by atoms with Crippen molar-refractivity contribution in [2.45, 2.75) is 13.1 Å². The molecule has 0 aliphatic carbocycles. The molecule has 0 saturated carbocycles. The molecule has 0 N–H and O–H groups in total. The van der Waals surface area contributed by atoms with Gasteiger partial charge >= 0.3 is 0 Å². The third-order valence-electron chi connectivity index (χ3n) is 15.6. The molecular weight excluding hydrogens is 921 g/mol. The van der Waals surface area contributed by atoms with E-state index in [1.165, 1.54) is 85.1 Å². The van der Waals surface area contributed by atoms with E-state index in [-0.39, 0.29) is 0 Å². The number of thiophene rings is 1. The molecule has 0 spiro atoms. The van der Waals surface area contributed by atoms with Crippen LogP contribution in [-0.4, -0.2) is 8.07 Å². The Morgan fingerprint density at radius 1 is 0.342 bits per heavy atom. The quantitative estimate of drug-likeness (QED) is 0.117. The van der Waals surface area contributed by atoms with Crippen LogP contribution in [0.2, 0.25) is 13.1 Å². The van der Waals surface area contributed by atoms with Gasteiger partial charge in [0.25, 0.3) is 0 Å². The van der Waals surface area contributed by atoms with E-state index in [4.69, 9.17) is 4.42 Å². The first kappa shape index (κ1) is 42.0. The normalized spacial score (nSPS) is 12.9. The molecule has 15 rings (SSSR count). The average Bonchev–Trinajstić information content (AvgIpc) is 4.03. The number of hydrogen-bond donors (Lipinski definition) is 0. The molecule has 14 aromatic rings. The van der Waals surface area contributed by atoms with Crippen molar-refractivity contribution in [1.82, 2.24) is 0 Å². The van der Waals surface area contributed by atoms with E-state index in [1.807, 2.05) is 17.4 Å². The minimum Gasteiger partial charge on any atom is -0.454 e. The molecule has 0 amide bonds. The summed E-state index contributed by atoms with van der Waals surface area (Å²) in [5, 5.41) is 15.3. The van der Waals surface area contributed by atoms with Gasteiger partial charge in [-0.15, -0.1) is 11.3 Å². The van der Waals surface area contributed by atoms with Crippen LogP contribution in [0.25, 0.3) is 96.7 Å². The van der Waals surface area contributed by atoms with Crippen molar-refractivity contribution in [2.75, 3.05) is 9.80 Å². The van der Waals surface area contributed by atoms with E-state index in [2.05, 4.69) is 259 Å². The lowest BCUT2D eigenvalue weighted by Crippen LogP contribution is -2.56. The van der Waals surface area contributed by atoms with E-state index >= 15 is 0 Å². The fourth-order valence-corrected chi connectivity index (χ4v) is 16.4. The lowest BCUT2D eigenvalue weighted by Gasteiger charge is -2.36. The Labute approximate surface area is 428 Å². The second-order valence-corrected chi connectivity index (χ2v) is 25.4. The molecule has 0 fully saturated rings. The zero-order chi connectivity index (χ0) is 48.4. The maximum absolute atomic E-state index is 6.71. The Hall–Kier alpha value is -8.74. The van der Waals surface area contributed by atoms with Gasteiger partial charge in [0.2, 0.25) is 0 Å². The van der Waals surface area contributed by atoms with Crippen molar-refractivity contribution in [1.29, 1.82) is 0 Å². The summed E-state index contributed by atoms with van der Waals surface area (Å²) >= 11 is 1.86. The summed E-state index contributed by atoms with van der Waals surface area (Å²) in [6, 6.07) is 89.7. The molecule has 1 aliphatic heterocycles. The highest BCUT2D eigenvalue weighted by molar-refractivity contribution is 7.25. The fraction of sp³-hybridized carbons (Fsp3) is 0.0294. The van der Waals surface area contributed by atoms with Crippen LogP contribution in [0, 0.1) is 0 Å². The molecular formula is C68H46N2OSSi. The highest BCUT2D eigenvalue weighted by atomic mass is 32.1. The van der Waals surface area contributed by atoms with E-state index in [0.29, 0.717) is 0 Å². The first-order chi connectivity index (χ1) is 36.0. The van der Waals surface area contributed by atoms with Gasteiger partial charge < -0.3 is 14.2 Å². The molecule has 2 aromatic heterocycles.